The van der Waals surface area contributed by atoms with Crippen molar-refractivity contribution < 1.29 is 4.57 Å². The standard InChI is InChI=1S/C17H20N3/c1-3-4-12-20-13-10-16(11-14-20)15-18-19(2)17-8-6-5-7-9-17/h3,5-11,13-15H,1,4,12H2,2H3/q+1. The van der Waals surface area contributed by atoms with Crippen molar-refractivity contribution in [3.63, 3.8) is 0 Å². The fraction of sp³-hybridized carbons (Fsp3) is 0.176. The molecule has 1 aromatic carbocycles. The van der Waals surface area contributed by atoms with Crippen LogP contribution in [0.1, 0.15) is 12.0 Å². The summed E-state index contributed by atoms with van der Waals surface area (Å²) in [7, 11) is 1.94. The molecule has 20 heavy (non-hydrogen) atoms. The van der Waals surface area contributed by atoms with Crippen LogP contribution in [-0.2, 0) is 6.54 Å². The lowest BCUT2D eigenvalue weighted by atomic mass is 10.3. The van der Waals surface area contributed by atoms with Gasteiger partial charge in [-0.2, -0.15) is 5.10 Å². The molecule has 0 aliphatic carbocycles. The lowest BCUT2D eigenvalue weighted by Gasteiger charge is -2.11. The Morgan fingerprint density at radius 1 is 1.15 bits per heavy atom. The summed E-state index contributed by atoms with van der Waals surface area (Å²) >= 11 is 0. The highest BCUT2D eigenvalue weighted by molar-refractivity contribution is 5.79. The quantitative estimate of drug-likeness (QED) is 0.340. The van der Waals surface area contributed by atoms with Crippen molar-refractivity contribution in [1.82, 2.24) is 0 Å². The third kappa shape index (κ3) is 4.05. The second kappa shape index (κ2) is 7.24. The molecule has 0 amide bonds. The van der Waals surface area contributed by atoms with Gasteiger partial charge < -0.3 is 0 Å². The highest BCUT2D eigenvalue weighted by Gasteiger charge is 1.99. The van der Waals surface area contributed by atoms with Crippen molar-refractivity contribution in [3.8, 4) is 0 Å². The van der Waals surface area contributed by atoms with Crippen LogP contribution in [0.15, 0.2) is 72.6 Å². The van der Waals surface area contributed by atoms with Crippen LogP contribution in [0.25, 0.3) is 0 Å². The zero-order chi connectivity index (χ0) is 14.2. The minimum Gasteiger partial charge on any atom is -0.269 e. The number of hydrazone groups is 1. The Labute approximate surface area is 120 Å². The number of pyridine rings is 1. The largest absolute Gasteiger partial charge is 0.269 e. The first-order chi connectivity index (χ1) is 9.79. The van der Waals surface area contributed by atoms with E-state index in [4.69, 9.17) is 0 Å². The van der Waals surface area contributed by atoms with E-state index in [1.54, 1.807) is 0 Å². The summed E-state index contributed by atoms with van der Waals surface area (Å²) < 4.78 is 2.14. The molecule has 0 N–H and O–H groups in total. The Kier molecular flexibility index (Phi) is 5.07. The molecule has 0 aliphatic heterocycles. The van der Waals surface area contributed by atoms with E-state index in [2.05, 4.69) is 40.8 Å². The van der Waals surface area contributed by atoms with Gasteiger partial charge in [0.05, 0.1) is 11.9 Å². The summed E-state index contributed by atoms with van der Waals surface area (Å²) in [5, 5.41) is 6.30. The van der Waals surface area contributed by atoms with E-state index in [-0.39, 0.29) is 0 Å². The second-order valence-corrected chi connectivity index (χ2v) is 4.55. The molecule has 0 unspecified atom stereocenters. The lowest BCUT2D eigenvalue weighted by Crippen LogP contribution is -2.32. The summed E-state index contributed by atoms with van der Waals surface area (Å²) in [6.45, 7) is 4.69. The van der Waals surface area contributed by atoms with Gasteiger partial charge in [0.25, 0.3) is 0 Å². The molecule has 0 aliphatic rings. The summed E-state index contributed by atoms with van der Waals surface area (Å²) in [6.07, 6.45) is 8.90. The molecule has 102 valence electrons. The normalized spacial score (nSPS) is 10.7. The van der Waals surface area contributed by atoms with Crippen LogP contribution in [0.3, 0.4) is 0 Å². The van der Waals surface area contributed by atoms with E-state index in [0.29, 0.717) is 0 Å². The number of nitrogens with zero attached hydrogens (tertiary/aromatic N) is 3. The molecule has 1 heterocycles. The molecular weight excluding hydrogens is 246 g/mol. The number of allylic oxidation sites excluding steroid dienone is 1. The van der Waals surface area contributed by atoms with Gasteiger partial charge in [-0.3, -0.25) is 5.01 Å². The summed E-state index contributed by atoms with van der Waals surface area (Å²) in [6, 6.07) is 14.2. The predicted molar refractivity (Wildman–Crippen MR) is 83.9 cm³/mol. The van der Waals surface area contributed by atoms with Crippen LogP contribution in [0.5, 0.6) is 0 Å². The fourth-order valence-corrected chi connectivity index (χ4v) is 1.81. The van der Waals surface area contributed by atoms with Crippen molar-refractivity contribution in [1.29, 1.82) is 0 Å². The van der Waals surface area contributed by atoms with E-state index >= 15 is 0 Å². The van der Waals surface area contributed by atoms with Gasteiger partial charge in [-0.05, 0) is 12.1 Å². The number of aryl methyl sites for hydroxylation is 1. The molecule has 0 saturated carbocycles. The molecule has 0 fully saturated rings. The van der Waals surface area contributed by atoms with Gasteiger partial charge in [0.15, 0.2) is 18.9 Å². The van der Waals surface area contributed by atoms with Crippen molar-refractivity contribution in [3.05, 3.63) is 73.1 Å². The van der Waals surface area contributed by atoms with Gasteiger partial charge >= 0.3 is 0 Å². The monoisotopic (exact) mass is 266 g/mol. The van der Waals surface area contributed by atoms with Crippen molar-refractivity contribution >= 4 is 11.9 Å². The van der Waals surface area contributed by atoms with Crippen molar-refractivity contribution in [2.45, 2.75) is 13.0 Å². The molecular formula is C17H20N3+. The summed E-state index contributed by atoms with van der Waals surface area (Å²) in [5.41, 5.74) is 2.16. The highest BCUT2D eigenvalue weighted by atomic mass is 15.4. The second-order valence-electron chi connectivity index (χ2n) is 4.55. The smallest absolute Gasteiger partial charge is 0.169 e. The average molecular weight is 266 g/mol. The van der Waals surface area contributed by atoms with Gasteiger partial charge in [-0.1, -0.05) is 24.3 Å². The van der Waals surface area contributed by atoms with E-state index in [1.165, 1.54) is 0 Å². The van der Waals surface area contributed by atoms with Crippen molar-refractivity contribution in [2.75, 3.05) is 12.1 Å². The van der Waals surface area contributed by atoms with Gasteiger partial charge in [-0.15, -0.1) is 6.58 Å². The Balaban J connectivity index is 1.99. The number of hydrogen-bond donors (Lipinski definition) is 0. The number of hydrogen-bond acceptors (Lipinski definition) is 2. The maximum Gasteiger partial charge on any atom is 0.169 e. The van der Waals surface area contributed by atoms with Crippen LogP contribution < -0.4 is 9.58 Å². The number of benzene rings is 1. The Bertz CT molecular complexity index is 559. The van der Waals surface area contributed by atoms with E-state index < -0.39 is 0 Å². The van der Waals surface area contributed by atoms with Crippen LogP contribution >= 0.6 is 0 Å². The Morgan fingerprint density at radius 2 is 1.85 bits per heavy atom. The molecule has 2 aromatic rings. The minimum atomic E-state index is 0.963. The van der Waals surface area contributed by atoms with E-state index in [9.17, 15) is 0 Å². The average Bonchev–Trinajstić information content (AvgIpc) is 2.52. The first-order valence-corrected chi connectivity index (χ1v) is 6.72. The van der Waals surface area contributed by atoms with Gasteiger partial charge in [0, 0.05) is 31.2 Å². The molecule has 0 atom stereocenters. The number of para-hydroxylation sites is 1. The van der Waals surface area contributed by atoms with Crippen LogP contribution in [0.2, 0.25) is 0 Å². The molecule has 1 aromatic heterocycles. The van der Waals surface area contributed by atoms with Gasteiger partial charge in [0.1, 0.15) is 0 Å². The molecule has 3 heteroatoms. The molecule has 0 saturated heterocycles. The van der Waals surface area contributed by atoms with Gasteiger partial charge in [0.2, 0.25) is 0 Å². The number of rotatable bonds is 6. The Morgan fingerprint density at radius 3 is 2.50 bits per heavy atom. The highest BCUT2D eigenvalue weighted by Crippen LogP contribution is 2.10. The molecule has 3 nitrogen and oxygen atoms in total. The van der Waals surface area contributed by atoms with E-state index in [1.807, 2.05) is 54.7 Å². The zero-order valence-corrected chi connectivity index (χ0v) is 11.8. The van der Waals surface area contributed by atoms with Crippen LogP contribution in [-0.4, -0.2) is 13.3 Å². The minimum absolute atomic E-state index is 0.963. The first kappa shape index (κ1) is 14.0. The lowest BCUT2D eigenvalue weighted by molar-refractivity contribution is -0.696. The Hall–Kier alpha value is -2.42. The number of anilines is 1. The van der Waals surface area contributed by atoms with Crippen LogP contribution in [0.4, 0.5) is 5.69 Å². The predicted octanol–water partition coefficient (Wildman–Crippen LogP) is 3.02. The third-order valence-electron chi connectivity index (χ3n) is 3.02. The summed E-state index contributed by atoms with van der Waals surface area (Å²) in [4.78, 5) is 0. The SMILES string of the molecule is C=CCC[n+]1ccc(/C=N/N(C)c2ccccc2)cc1. The molecule has 0 spiro atoms. The van der Waals surface area contributed by atoms with E-state index in [0.717, 1.165) is 24.2 Å². The first-order valence-electron chi connectivity index (χ1n) is 6.72. The molecule has 0 radical (unpaired) electrons. The molecule has 2 rings (SSSR count). The maximum absolute atomic E-state index is 4.44. The zero-order valence-electron chi connectivity index (χ0n) is 11.8. The molecule has 0 bridgehead atoms. The van der Waals surface area contributed by atoms with Gasteiger partial charge in [-0.25, -0.2) is 4.57 Å². The topological polar surface area (TPSA) is 19.5 Å². The third-order valence-corrected chi connectivity index (χ3v) is 3.02. The maximum atomic E-state index is 4.44. The fourth-order valence-electron chi connectivity index (χ4n) is 1.81. The summed E-state index contributed by atoms with van der Waals surface area (Å²) in [5.74, 6) is 0. The van der Waals surface area contributed by atoms with Crippen molar-refractivity contribution in [2.24, 2.45) is 5.10 Å². The number of aromatic nitrogens is 1. The van der Waals surface area contributed by atoms with Crippen LogP contribution in [0, 0.1) is 0 Å².